The van der Waals surface area contributed by atoms with Crippen LogP contribution in [0.3, 0.4) is 0 Å². The van der Waals surface area contributed by atoms with Crippen LogP contribution in [-0.2, 0) is 17.8 Å². The molecule has 2 fully saturated rings. The van der Waals surface area contributed by atoms with Crippen molar-refractivity contribution in [2.75, 3.05) is 31.1 Å². The van der Waals surface area contributed by atoms with E-state index < -0.39 is 0 Å². The van der Waals surface area contributed by atoms with Gasteiger partial charge in [0.15, 0.2) is 16.7 Å². The number of carbonyl (C=O) groups is 1. The summed E-state index contributed by atoms with van der Waals surface area (Å²) < 4.78 is 12.3. The fourth-order valence-electron chi connectivity index (χ4n) is 5.25. The van der Waals surface area contributed by atoms with Crippen molar-refractivity contribution in [2.24, 2.45) is 4.99 Å². The molecule has 42 heavy (non-hydrogen) atoms. The number of ether oxygens (including phenoxy) is 2. The lowest BCUT2D eigenvalue weighted by Crippen LogP contribution is -2.29. The smallest absolute Gasteiger partial charge is 0.266 e. The summed E-state index contributed by atoms with van der Waals surface area (Å²) in [4.78, 5) is 23.1. The molecule has 0 atom stereocenters. The summed E-state index contributed by atoms with van der Waals surface area (Å²) in [5.41, 5.74) is 5.00. The van der Waals surface area contributed by atoms with Crippen LogP contribution in [0.2, 0.25) is 0 Å². The highest BCUT2D eigenvalue weighted by atomic mass is 32.2. The Morgan fingerprint density at radius 2 is 1.74 bits per heavy atom. The predicted octanol–water partition coefficient (Wildman–Crippen LogP) is 8.01. The van der Waals surface area contributed by atoms with Gasteiger partial charge in [0.25, 0.3) is 5.91 Å². The first-order valence-corrected chi connectivity index (χ1v) is 15.6. The minimum absolute atomic E-state index is 0.0428. The van der Waals surface area contributed by atoms with Gasteiger partial charge in [0.1, 0.15) is 6.61 Å². The van der Waals surface area contributed by atoms with Crippen LogP contribution in [-0.4, -0.2) is 42.2 Å². The standard InChI is InChI=1S/C35H39N3O3S/c1-4-13-28-22-27(23-31(40-6-3)33(28)41-25-26-14-9-7-10-15-26)24-32-34(39)38(5-2)35(42-32)36-29-16-18-30(19-17-29)37-20-11-8-12-21-37/h4,7,9-10,14-19,22-24H,1,5-6,8,11-13,20-21,25H2,2-3H3/b32-24-,36-35?. The molecule has 0 spiro atoms. The number of amidine groups is 1. The molecule has 6 nitrogen and oxygen atoms in total. The van der Waals surface area contributed by atoms with Crippen molar-refractivity contribution in [1.82, 2.24) is 4.90 Å². The minimum Gasteiger partial charge on any atom is -0.490 e. The molecule has 1 amide bonds. The number of piperidine rings is 1. The number of thioether (sulfide) groups is 1. The average molecular weight is 582 g/mol. The largest absolute Gasteiger partial charge is 0.490 e. The number of anilines is 1. The molecule has 0 N–H and O–H groups in total. The van der Waals surface area contributed by atoms with Crippen LogP contribution >= 0.6 is 11.8 Å². The van der Waals surface area contributed by atoms with Gasteiger partial charge in [0.2, 0.25) is 0 Å². The molecular weight excluding hydrogens is 542 g/mol. The Morgan fingerprint density at radius 1 is 0.976 bits per heavy atom. The predicted molar refractivity (Wildman–Crippen MR) is 175 cm³/mol. The first-order chi connectivity index (χ1) is 20.6. The van der Waals surface area contributed by atoms with Crippen molar-refractivity contribution in [3.05, 3.63) is 101 Å². The molecule has 5 rings (SSSR count). The molecule has 0 radical (unpaired) electrons. The molecule has 2 saturated heterocycles. The zero-order valence-corrected chi connectivity index (χ0v) is 25.4. The second-order valence-corrected chi connectivity index (χ2v) is 11.3. The second kappa shape index (κ2) is 14.3. The Bertz CT molecular complexity index is 1440. The van der Waals surface area contributed by atoms with Gasteiger partial charge in [-0.15, -0.1) is 6.58 Å². The van der Waals surface area contributed by atoms with E-state index in [2.05, 4.69) is 29.7 Å². The molecule has 2 aliphatic rings. The minimum atomic E-state index is -0.0428. The molecule has 218 valence electrons. The average Bonchev–Trinajstić information content (AvgIpc) is 3.31. The van der Waals surface area contributed by atoms with Crippen molar-refractivity contribution in [1.29, 1.82) is 0 Å². The van der Waals surface area contributed by atoms with Crippen LogP contribution in [0, 0.1) is 0 Å². The number of rotatable bonds is 11. The van der Waals surface area contributed by atoms with E-state index in [0.717, 1.165) is 35.5 Å². The van der Waals surface area contributed by atoms with Gasteiger partial charge in [-0.3, -0.25) is 9.69 Å². The molecular formula is C35H39N3O3S. The summed E-state index contributed by atoms with van der Waals surface area (Å²) in [5.74, 6) is 1.32. The molecule has 3 aromatic carbocycles. The Morgan fingerprint density at radius 3 is 2.43 bits per heavy atom. The van der Waals surface area contributed by atoms with E-state index in [4.69, 9.17) is 14.5 Å². The van der Waals surface area contributed by atoms with Crippen molar-refractivity contribution < 1.29 is 14.3 Å². The van der Waals surface area contributed by atoms with E-state index in [9.17, 15) is 4.79 Å². The molecule has 3 aromatic rings. The molecule has 0 bridgehead atoms. The summed E-state index contributed by atoms with van der Waals surface area (Å²) in [6, 6.07) is 22.4. The SMILES string of the molecule is C=CCc1cc(/C=C2\SC(=Nc3ccc(N4CCCCC4)cc3)N(CC)C2=O)cc(OCC)c1OCc1ccccc1. The van der Waals surface area contributed by atoms with Crippen molar-refractivity contribution >= 4 is 40.3 Å². The van der Waals surface area contributed by atoms with E-state index in [-0.39, 0.29) is 5.91 Å². The first kappa shape index (κ1) is 29.5. The summed E-state index contributed by atoms with van der Waals surface area (Å²) in [5, 5.41) is 0.693. The Labute approximate surface area is 253 Å². The van der Waals surface area contributed by atoms with Crippen LogP contribution in [0.5, 0.6) is 11.5 Å². The van der Waals surface area contributed by atoms with E-state index in [1.807, 2.05) is 74.5 Å². The van der Waals surface area contributed by atoms with Crippen molar-refractivity contribution in [3.63, 3.8) is 0 Å². The van der Waals surface area contributed by atoms with Crippen LogP contribution in [0.25, 0.3) is 6.08 Å². The number of hydrogen-bond donors (Lipinski definition) is 0. The highest BCUT2D eigenvalue weighted by molar-refractivity contribution is 8.18. The molecule has 7 heteroatoms. The lowest BCUT2D eigenvalue weighted by molar-refractivity contribution is -0.122. The molecule has 0 aromatic heterocycles. The lowest BCUT2D eigenvalue weighted by Gasteiger charge is -2.28. The summed E-state index contributed by atoms with van der Waals surface area (Å²) in [7, 11) is 0. The number of hydrogen-bond acceptors (Lipinski definition) is 6. The number of allylic oxidation sites excluding steroid dienone is 1. The molecule has 0 saturated carbocycles. The van der Waals surface area contributed by atoms with Crippen LogP contribution in [0.1, 0.15) is 49.8 Å². The van der Waals surface area contributed by atoms with E-state index in [1.165, 1.54) is 36.7 Å². The number of aliphatic imine (C=N–C) groups is 1. The van der Waals surface area contributed by atoms with Gasteiger partial charge in [-0.25, -0.2) is 4.99 Å². The molecule has 2 aliphatic heterocycles. The Kier molecular flexibility index (Phi) is 10.0. The number of benzene rings is 3. The topological polar surface area (TPSA) is 54.4 Å². The van der Waals surface area contributed by atoms with Gasteiger partial charge in [-0.05, 0) is 105 Å². The maximum atomic E-state index is 13.4. The van der Waals surface area contributed by atoms with Crippen LogP contribution < -0.4 is 14.4 Å². The Balaban J connectivity index is 1.40. The zero-order valence-electron chi connectivity index (χ0n) is 24.6. The maximum absolute atomic E-state index is 13.4. The first-order valence-electron chi connectivity index (χ1n) is 14.8. The van der Waals surface area contributed by atoms with E-state index in [1.54, 1.807) is 4.90 Å². The number of carbonyl (C=O) groups excluding carboxylic acids is 1. The van der Waals surface area contributed by atoms with Gasteiger partial charge < -0.3 is 14.4 Å². The van der Waals surface area contributed by atoms with Gasteiger partial charge in [-0.1, -0.05) is 36.4 Å². The van der Waals surface area contributed by atoms with Crippen LogP contribution in [0.15, 0.2) is 89.3 Å². The van der Waals surface area contributed by atoms with Gasteiger partial charge >= 0.3 is 0 Å². The van der Waals surface area contributed by atoms with Crippen LogP contribution in [0.4, 0.5) is 11.4 Å². The third-order valence-corrected chi connectivity index (χ3v) is 8.35. The highest BCUT2D eigenvalue weighted by Crippen LogP contribution is 2.38. The Hall–Kier alpha value is -3.97. The third-order valence-electron chi connectivity index (χ3n) is 7.34. The van der Waals surface area contributed by atoms with Gasteiger partial charge in [0, 0.05) is 30.9 Å². The summed E-state index contributed by atoms with van der Waals surface area (Å²) in [6.07, 6.45) is 8.19. The quantitative estimate of drug-likeness (QED) is 0.170. The third kappa shape index (κ3) is 7.08. The fourth-order valence-corrected chi connectivity index (χ4v) is 6.31. The zero-order chi connectivity index (χ0) is 29.3. The number of amides is 1. The van der Waals surface area contributed by atoms with Crippen molar-refractivity contribution in [2.45, 2.75) is 46.1 Å². The molecule has 0 aliphatic carbocycles. The summed E-state index contributed by atoms with van der Waals surface area (Å²) >= 11 is 1.41. The second-order valence-electron chi connectivity index (χ2n) is 10.3. The van der Waals surface area contributed by atoms with E-state index in [0.29, 0.717) is 47.8 Å². The maximum Gasteiger partial charge on any atom is 0.266 e. The summed E-state index contributed by atoms with van der Waals surface area (Å²) in [6.45, 7) is 11.6. The number of likely N-dealkylation sites (N-methyl/N-ethyl adjacent to an activating group) is 1. The van der Waals surface area contributed by atoms with Gasteiger partial charge in [0.05, 0.1) is 17.2 Å². The molecule has 0 unspecified atom stereocenters. The lowest BCUT2D eigenvalue weighted by atomic mass is 10.0. The monoisotopic (exact) mass is 581 g/mol. The number of nitrogens with zero attached hydrogens (tertiary/aromatic N) is 3. The van der Waals surface area contributed by atoms with Crippen molar-refractivity contribution in [3.8, 4) is 11.5 Å². The van der Waals surface area contributed by atoms with Gasteiger partial charge in [-0.2, -0.15) is 0 Å². The highest BCUT2D eigenvalue weighted by Gasteiger charge is 2.32. The molecule has 2 heterocycles. The fraction of sp³-hybridized carbons (Fsp3) is 0.314. The normalized spacial score (nSPS) is 17.2. The van der Waals surface area contributed by atoms with E-state index >= 15 is 0 Å².